The Morgan fingerprint density at radius 3 is 2.88 bits per heavy atom. The van der Waals surface area contributed by atoms with Gasteiger partial charge in [0.05, 0.1) is 11.7 Å². The lowest BCUT2D eigenvalue weighted by atomic mass is 10.0. The van der Waals surface area contributed by atoms with E-state index >= 15 is 0 Å². The molecule has 0 aliphatic carbocycles. The summed E-state index contributed by atoms with van der Waals surface area (Å²) in [6.45, 7) is 3.05. The molecule has 1 fully saturated rings. The summed E-state index contributed by atoms with van der Waals surface area (Å²) >= 11 is 2.23. The van der Waals surface area contributed by atoms with E-state index < -0.39 is 0 Å². The molecule has 0 radical (unpaired) electrons. The lowest BCUT2D eigenvalue weighted by molar-refractivity contribution is -0.118. The van der Waals surface area contributed by atoms with Crippen molar-refractivity contribution in [2.24, 2.45) is 5.92 Å². The van der Waals surface area contributed by atoms with Gasteiger partial charge in [0.2, 0.25) is 5.91 Å². The third kappa shape index (κ3) is 2.55. The van der Waals surface area contributed by atoms with Crippen LogP contribution in [-0.2, 0) is 4.79 Å². The van der Waals surface area contributed by atoms with Gasteiger partial charge < -0.3 is 10.6 Å². The number of halogens is 1. The van der Waals surface area contributed by atoms with Crippen molar-refractivity contribution in [3.8, 4) is 0 Å². The van der Waals surface area contributed by atoms with E-state index in [1.165, 1.54) is 0 Å². The first kappa shape index (κ1) is 11.9. The van der Waals surface area contributed by atoms with Gasteiger partial charge in [0, 0.05) is 3.57 Å². The summed E-state index contributed by atoms with van der Waals surface area (Å²) in [4.78, 5) is 12.0. The third-order valence-corrected chi connectivity index (χ3v) is 3.89. The summed E-state index contributed by atoms with van der Waals surface area (Å²) in [5, 5.41) is 6.20. The molecule has 1 aromatic carbocycles. The number of hydrogen-bond acceptors (Lipinski definition) is 2. The van der Waals surface area contributed by atoms with Gasteiger partial charge in [-0.15, -0.1) is 0 Å². The number of amides is 1. The van der Waals surface area contributed by atoms with E-state index in [1.807, 2.05) is 24.3 Å². The van der Waals surface area contributed by atoms with Crippen molar-refractivity contribution in [1.82, 2.24) is 5.32 Å². The maximum atomic E-state index is 12.0. The molecule has 4 heteroatoms. The fourth-order valence-corrected chi connectivity index (χ4v) is 2.48. The van der Waals surface area contributed by atoms with Crippen molar-refractivity contribution in [3.05, 3.63) is 27.8 Å². The number of carbonyl (C=O) groups excluding carboxylic acids is 1. The molecule has 2 N–H and O–H groups in total. The monoisotopic (exact) mass is 330 g/mol. The highest BCUT2D eigenvalue weighted by atomic mass is 127. The zero-order chi connectivity index (χ0) is 11.5. The molecule has 2 atom stereocenters. The normalized spacial score (nSPS) is 24.4. The minimum Gasteiger partial charge on any atom is -0.324 e. The average Bonchev–Trinajstić information content (AvgIpc) is 2.68. The van der Waals surface area contributed by atoms with Gasteiger partial charge in [-0.25, -0.2) is 0 Å². The molecule has 86 valence electrons. The van der Waals surface area contributed by atoms with Crippen LogP contribution in [0.25, 0.3) is 0 Å². The lowest BCUT2D eigenvalue weighted by Crippen LogP contribution is -2.39. The largest absolute Gasteiger partial charge is 0.324 e. The topological polar surface area (TPSA) is 41.1 Å². The van der Waals surface area contributed by atoms with Crippen LogP contribution >= 0.6 is 22.6 Å². The summed E-state index contributed by atoms with van der Waals surface area (Å²) in [7, 11) is 0. The average molecular weight is 330 g/mol. The summed E-state index contributed by atoms with van der Waals surface area (Å²) in [5.74, 6) is 0.496. The number of hydrogen-bond donors (Lipinski definition) is 2. The summed E-state index contributed by atoms with van der Waals surface area (Å²) in [6.07, 6.45) is 1.07. The van der Waals surface area contributed by atoms with E-state index in [0.29, 0.717) is 5.92 Å². The van der Waals surface area contributed by atoms with E-state index in [-0.39, 0.29) is 11.9 Å². The zero-order valence-corrected chi connectivity index (χ0v) is 11.3. The fourth-order valence-electron chi connectivity index (χ4n) is 1.96. The predicted molar refractivity (Wildman–Crippen MR) is 73.4 cm³/mol. The van der Waals surface area contributed by atoms with Gasteiger partial charge in [0.15, 0.2) is 0 Å². The molecular weight excluding hydrogens is 315 g/mol. The molecule has 0 spiro atoms. The standard InChI is InChI=1S/C12H15IN2O/c1-8-6-7-14-11(8)12(16)15-10-5-3-2-4-9(10)13/h2-5,8,11,14H,6-7H2,1H3,(H,15,16). The van der Waals surface area contributed by atoms with Crippen molar-refractivity contribution < 1.29 is 4.79 Å². The molecule has 1 amide bonds. The lowest BCUT2D eigenvalue weighted by Gasteiger charge is -2.16. The minimum atomic E-state index is -0.0454. The maximum Gasteiger partial charge on any atom is 0.241 e. The van der Waals surface area contributed by atoms with Gasteiger partial charge in [-0.2, -0.15) is 0 Å². The van der Waals surface area contributed by atoms with Crippen LogP contribution in [-0.4, -0.2) is 18.5 Å². The van der Waals surface area contributed by atoms with Crippen LogP contribution in [0.2, 0.25) is 0 Å². The summed E-state index contributed by atoms with van der Waals surface area (Å²) in [5.41, 5.74) is 0.897. The van der Waals surface area contributed by atoms with E-state index in [2.05, 4.69) is 40.1 Å². The highest BCUT2D eigenvalue weighted by Crippen LogP contribution is 2.20. The van der Waals surface area contributed by atoms with Gasteiger partial charge in [0.25, 0.3) is 0 Å². The molecule has 0 bridgehead atoms. The Labute approximate surface area is 109 Å². The van der Waals surface area contributed by atoms with E-state index in [4.69, 9.17) is 0 Å². The van der Waals surface area contributed by atoms with Gasteiger partial charge in [-0.05, 0) is 53.6 Å². The predicted octanol–water partition coefficient (Wildman–Crippen LogP) is 2.23. The second-order valence-corrected chi connectivity index (χ2v) is 5.33. The number of carbonyl (C=O) groups is 1. The molecular formula is C12H15IN2O. The van der Waals surface area contributed by atoms with Gasteiger partial charge in [0.1, 0.15) is 0 Å². The first-order valence-electron chi connectivity index (χ1n) is 5.47. The van der Waals surface area contributed by atoms with Crippen molar-refractivity contribution in [1.29, 1.82) is 0 Å². The van der Waals surface area contributed by atoms with Gasteiger partial charge in [-0.1, -0.05) is 19.1 Å². The maximum absolute atomic E-state index is 12.0. The van der Waals surface area contributed by atoms with Crippen LogP contribution in [0.5, 0.6) is 0 Å². The molecule has 3 nitrogen and oxygen atoms in total. The second-order valence-electron chi connectivity index (χ2n) is 4.17. The first-order chi connectivity index (χ1) is 7.68. The Kier molecular flexibility index (Phi) is 3.81. The van der Waals surface area contributed by atoms with Crippen molar-refractivity contribution >= 4 is 34.2 Å². The van der Waals surface area contributed by atoms with E-state index in [1.54, 1.807) is 0 Å². The van der Waals surface area contributed by atoms with Crippen molar-refractivity contribution in [3.63, 3.8) is 0 Å². The summed E-state index contributed by atoms with van der Waals surface area (Å²) < 4.78 is 1.07. The molecule has 1 aliphatic heterocycles. The Bertz CT molecular complexity index is 394. The van der Waals surface area contributed by atoms with Gasteiger partial charge in [-0.3, -0.25) is 4.79 Å². The third-order valence-electron chi connectivity index (χ3n) is 2.95. The van der Waals surface area contributed by atoms with Crippen LogP contribution in [0.4, 0.5) is 5.69 Å². The zero-order valence-electron chi connectivity index (χ0n) is 9.16. The molecule has 1 aliphatic rings. The molecule has 1 aromatic rings. The number of para-hydroxylation sites is 1. The number of rotatable bonds is 2. The molecule has 0 saturated carbocycles. The molecule has 1 saturated heterocycles. The highest BCUT2D eigenvalue weighted by molar-refractivity contribution is 14.1. The number of anilines is 1. The van der Waals surface area contributed by atoms with Crippen LogP contribution in [0.3, 0.4) is 0 Å². The summed E-state index contributed by atoms with van der Waals surface area (Å²) in [6, 6.07) is 7.77. The Hall–Kier alpha value is -0.620. The van der Waals surface area contributed by atoms with Crippen LogP contribution in [0, 0.1) is 9.49 Å². The van der Waals surface area contributed by atoms with Gasteiger partial charge >= 0.3 is 0 Å². The molecule has 1 heterocycles. The highest BCUT2D eigenvalue weighted by Gasteiger charge is 2.29. The Balaban J connectivity index is 2.05. The smallest absolute Gasteiger partial charge is 0.241 e. The first-order valence-corrected chi connectivity index (χ1v) is 6.55. The van der Waals surface area contributed by atoms with Crippen LogP contribution in [0.1, 0.15) is 13.3 Å². The van der Waals surface area contributed by atoms with Crippen molar-refractivity contribution in [2.75, 3.05) is 11.9 Å². The second kappa shape index (κ2) is 5.14. The van der Waals surface area contributed by atoms with E-state index in [9.17, 15) is 4.79 Å². The Morgan fingerprint density at radius 1 is 1.50 bits per heavy atom. The molecule has 2 rings (SSSR count). The fraction of sp³-hybridized carbons (Fsp3) is 0.417. The van der Waals surface area contributed by atoms with Crippen LogP contribution < -0.4 is 10.6 Å². The minimum absolute atomic E-state index is 0.0454. The quantitative estimate of drug-likeness (QED) is 0.817. The van der Waals surface area contributed by atoms with Crippen molar-refractivity contribution in [2.45, 2.75) is 19.4 Å². The SMILES string of the molecule is CC1CCNC1C(=O)Nc1ccccc1I. The van der Waals surface area contributed by atoms with E-state index in [0.717, 1.165) is 22.2 Å². The molecule has 2 unspecified atom stereocenters. The molecule has 0 aromatic heterocycles. The number of benzene rings is 1. The Morgan fingerprint density at radius 2 is 2.25 bits per heavy atom. The number of nitrogens with one attached hydrogen (secondary N) is 2. The molecule has 16 heavy (non-hydrogen) atoms. The van der Waals surface area contributed by atoms with Crippen LogP contribution in [0.15, 0.2) is 24.3 Å².